The molecular weight excluding hydrogens is 452 g/mol. The van der Waals surface area contributed by atoms with Crippen LogP contribution in [0.1, 0.15) is 16.3 Å². The van der Waals surface area contributed by atoms with Crippen molar-refractivity contribution in [3.63, 3.8) is 0 Å². The number of fused-ring (bicyclic) bond motifs is 1. The Hall–Kier alpha value is -3.43. The quantitative estimate of drug-likeness (QED) is 0.328. The molecule has 0 unspecified atom stereocenters. The number of thiophene rings is 1. The van der Waals surface area contributed by atoms with E-state index in [9.17, 15) is 0 Å². The number of benzene rings is 2. The van der Waals surface area contributed by atoms with Gasteiger partial charge in [-0.15, -0.1) is 21.5 Å². The zero-order valence-electron chi connectivity index (χ0n) is 18.4. The van der Waals surface area contributed by atoms with E-state index in [2.05, 4.69) is 29.0 Å². The number of anilines is 1. The minimum atomic E-state index is 0.529. The molecule has 0 saturated heterocycles. The van der Waals surface area contributed by atoms with Crippen LogP contribution in [0.3, 0.4) is 0 Å². The van der Waals surface area contributed by atoms with Gasteiger partial charge in [0.1, 0.15) is 22.2 Å². The van der Waals surface area contributed by atoms with E-state index >= 15 is 0 Å². The second-order valence-electron chi connectivity index (χ2n) is 7.48. The monoisotopic (exact) mass is 474 g/mol. The molecule has 7 nitrogen and oxygen atoms in total. The summed E-state index contributed by atoms with van der Waals surface area (Å²) in [4.78, 5) is 11.5. The molecule has 0 fully saturated rings. The van der Waals surface area contributed by atoms with E-state index in [1.54, 1.807) is 18.4 Å². The van der Waals surface area contributed by atoms with Crippen LogP contribution in [0.15, 0.2) is 59.8 Å². The molecule has 0 radical (unpaired) electrons. The third-order valence-electron chi connectivity index (χ3n) is 5.43. The maximum Gasteiger partial charge on any atom is 0.196 e. The zero-order valence-corrected chi connectivity index (χ0v) is 20.1. The summed E-state index contributed by atoms with van der Waals surface area (Å²) >= 11 is 3.18. The Kier molecular flexibility index (Phi) is 5.74. The van der Waals surface area contributed by atoms with Crippen LogP contribution in [0.2, 0.25) is 0 Å². The van der Waals surface area contributed by atoms with E-state index < -0.39 is 0 Å². The number of ether oxygens (including phenoxy) is 1. The number of methoxy groups -OCH3 is 1. The Labute approximate surface area is 199 Å². The van der Waals surface area contributed by atoms with Crippen LogP contribution in [-0.2, 0) is 5.75 Å². The molecule has 5 rings (SSSR count). The van der Waals surface area contributed by atoms with Gasteiger partial charge >= 0.3 is 0 Å². The van der Waals surface area contributed by atoms with Crippen molar-refractivity contribution in [1.82, 2.24) is 24.7 Å². The Morgan fingerprint density at radius 3 is 2.48 bits per heavy atom. The predicted molar refractivity (Wildman–Crippen MR) is 134 cm³/mol. The third kappa shape index (κ3) is 4.05. The van der Waals surface area contributed by atoms with Crippen molar-refractivity contribution in [2.24, 2.45) is 0 Å². The number of hydrogen-bond donors (Lipinski definition) is 1. The van der Waals surface area contributed by atoms with Crippen LogP contribution in [0.4, 0.5) is 5.82 Å². The number of rotatable bonds is 6. The summed E-state index contributed by atoms with van der Waals surface area (Å²) in [6.07, 6.45) is 0. The molecule has 3 aromatic heterocycles. The standard InChI is InChI=1S/C24H22N6OS2/c1-14-15(2)33-23-20(14)21(25)26-19(27-23)13-32-24-29-28-22(16-9-11-18(31-3)12-10-16)30(24)17-7-5-4-6-8-17/h4-12H,13H2,1-3H3,(H2,25,26,27). The van der Waals surface area contributed by atoms with E-state index in [0.717, 1.165) is 43.8 Å². The van der Waals surface area contributed by atoms with E-state index in [-0.39, 0.29) is 0 Å². The van der Waals surface area contributed by atoms with Gasteiger partial charge in [-0.2, -0.15) is 0 Å². The second-order valence-corrected chi connectivity index (χ2v) is 9.63. The number of nitrogen functional groups attached to an aromatic ring is 1. The highest BCUT2D eigenvalue weighted by molar-refractivity contribution is 7.98. The van der Waals surface area contributed by atoms with Gasteiger partial charge in [-0.05, 0) is 55.8 Å². The van der Waals surface area contributed by atoms with Crippen molar-refractivity contribution in [3.05, 3.63) is 70.9 Å². The fourth-order valence-electron chi connectivity index (χ4n) is 3.62. The van der Waals surface area contributed by atoms with Crippen LogP contribution in [0.25, 0.3) is 27.3 Å². The zero-order chi connectivity index (χ0) is 22.9. The summed E-state index contributed by atoms with van der Waals surface area (Å²) in [7, 11) is 1.65. The molecule has 0 saturated carbocycles. The normalized spacial score (nSPS) is 11.2. The number of hydrogen-bond acceptors (Lipinski definition) is 8. The maximum atomic E-state index is 6.27. The first-order chi connectivity index (χ1) is 16.0. The first-order valence-corrected chi connectivity index (χ1v) is 12.2. The van der Waals surface area contributed by atoms with Crippen molar-refractivity contribution >= 4 is 39.1 Å². The molecule has 0 aliphatic carbocycles. The average Bonchev–Trinajstić information content (AvgIpc) is 3.39. The van der Waals surface area contributed by atoms with Crippen LogP contribution in [0.5, 0.6) is 5.75 Å². The number of aryl methyl sites for hydroxylation is 2. The summed E-state index contributed by atoms with van der Waals surface area (Å²) in [6, 6.07) is 17.9. The van der Waals surface area contributed by atoms with E-state index in [4.69, 9.17) is 15.5 Å². The van der Waals surface area contributed by atoms with Crippen LogP contribution in [0, 0.1) is 13.8 Å². The Bertz CT molecular complexity index is 1430. The lowest BCUT2D eigenvalue weighted by Crippen LogP contribution is -2.02. The van der Waals surface area contributed by atoms with Crippen molar-refractivity contribution < 1.29 is 4.74 Å². The molecule has 0 aliphatic heterocycles. The summed E-state index contributed by atoms with van der Waals surface area (Å²) in [6.45, 7) is 4.14. The van der Waals surface area contributed by atoms with Crippen molar-refractivity contribution in [3.8, 4) is 22.8 Å². The largest absolute Gasteiger partial charge is 0.497 e. The Morgan fingerprint density at radius 1 is 1.00 bits per heavy atom. The molecule has 33 heavy (non-hydrogen) atoms. The molecule has 0 spiro atoms. The van der Waals surface area contributed by atoms with Crippen LogP contribution in [-0.4, -0.2) is 31.8 Å². The number of aromatic nitrogens is 5. The fourth-order valence-corrected chi connectivity index (χ4v) is 5.48. The molecule has 0 bridgehead atoms. The lowest BCUT2D eigenvalue weighted by Gasteiger charge is -2.10. The Morgan fingerprint density at radius 2 is 1.76 bits per heavy atom. The van der Waals surface area contributed by atoms with Gasteiger partial charge in [0.05, 0.1) is 18.2 Å². The van der Waals surface area contributed by atoms with Crippen molar-refractivity contribution in [1.29, 1.82) is 0 Å². The molecule has 2 N–H and O–H groups in total. The first-order valence-electron chi connectivity index (χ1n) is 10.4. The van der Waals surface area contributed by atoms with E-state index in [1.165, 1.54) is 16.6 Å². The van der Waals surface area contributed by atoms with Crippen LogP contribution >= 0.6 is 23.1 Å². The summed E-state index contributed by atoms with van der Waals surface area (Å²) in [5, 5.41) is 10.7. The molecule has 2 aromatic carbocycles. The molecule has 9 heteroatoms. The van der Waals surface area contributed by atoms with Gasteiger partial charge < -0.3 is 10.5 Å². The summed E-state index contributed by atoms with van der Waals surface area (Å²) in [5.41, 5.74) is 9.35. The Balaban J connectivity index is 1.51. The summed E-state index contributed by atoms with van der Waals surface area (Å²) < 4.78 is 7.34. The van der Waals surface area contributed by atoms with Crippen LogP contribution < -0.4 is 10.5 Å². The number of thioether (sulfide) groups is 1. The number of nitrogens with zero attached hydrogens (tertiary/aromatic N) is 5. The van der Waals surface area contributed by atoms with Gasteiger partial charge in [0.25, 0.3) is 0 Å². The lowest BCUT2D eigenvalue weighted by molar-refractivity contribution is 0.415. The van der Waals surface area contributed by atoms with E-state index in [0.29, 0.717) is 17.4 Å². The van der Waals surface area contributed by atoms with Gasteiger partial charge in [0.2, 0.25) is 0 Å². The minimum Gasteiger partial charge on any atom is -0.497 e. The number of nitrogens with two attached hydrogens (primary N) is 1. The average molecular weight is 475 g/mol. The van der Waals surface area contributed by atoms with Gasteiger partial charge in [-0.1, -0.05) is 30.0 Å². The van der Waals surface area contributed by atoms with E-state index in [1.807, 2.05) is 59.2 Å². The topological polar surface area (TPSA) is 91.7 Å². The van der Waals surface area contributed by atoms with Crippen molar-refractivity contribution in [2.45, 2.75) is 24.8 Å². The fraction of sp³-hybridized carbons (Fsp3) is 0.167. The highest BCUT2D eigenvalue weighted by Crippen LogP contribution is 2.34. The molecule has 3 heterocycles. The highest BCUT2D eigenvalue weighted by Gasteiger charge is 2.18. The summed E-state index contributed by atoms with van der Waals surface area (Å²) in [5.74, 6) is 3.29. The predicted octanol–water partition coefficient (Wildman–Crippen LogP) is 5.44. The molecule has 5 aromatic rings. The lowest BCUT2D eigenvalue weighted by atomic mass is 10.2. The molecule has 166 valence electrons. The molecule has 0 aliphatic rings. The molecule has 0 atom stereocenters. The van der Waals surface area contributed by atoms with Gasteiger partial charge in [0.15, 0.2) is 11.0 Å². The second kappa shape index (κ2) is 8.84. The van der Waals surface area contributed by atoms with Crippen molar-refractivity contribution in [2.75, 3.05) is 12.8 Å². The van der Waals surface area contributed by atoms with Gasteiger partial charge in [0, 0.05) is 16.1 Å². The highest BCUT2D eigenvalue weighted by atomic mass is 32.2. The SMILES string of the molecule is COc1ccc(-c2nnc(SCc3nc(N)c4c(C)c(C)sc4n3)n2-c2ccccc2)cc1. The molecule has 0 amide bonds. The number of para-hydroxylation sites is 1. The molecular formula is C24H22N6OS2. The van der Waals surface area contributed by atoms with Gasteiger partial charge in [-0.3, -0.25) is 4.57 Å². The minimum absolute atomic E-state index is 0.529. The smallest absolute Gasteiger partial charge is 0.196 e. The third-order valence-corrected chi connectivity index (χ3v) is 7.46. The maximum absolute atomic E-state index is 6.27. The van der Waals surface area contributed by atoms with Gasteiger partial charge in [-0.25, -0.2) is 9.97 Å². The first kappa shape index (κ1) is 21.4.